The molecule has 4 fully saturated rings. The van der Waals surface area contributed by atoms with Gasteiger partial charge in [0.25, 0.3) is 11.8 Å². The van der Waals surface area contributed by atoms with Crippen molar-refractivity contribution in [2.24, 2.45) is 16.2 Å². The van der Waals surface area contributed by atoms with Crippen molar-refractivity contribution in [3.63, 3.8) is 0 Å². The Hall–Kier alpha value is -4.96. The average Bonchev–Trinajstić information content (AvgIpc) is 3.51. The van der Waals surface area contributed by atoms with E-state index >= 15 is 0 Å². The van der Waals surface area contributed by atoms with E-state index in [4.69, 9.17) is 21.1 Å². The predicted molar refractivity (Wildman–Crippen MR) is 219 cm³/mol. The van der Waals surface area contributed by atoms with Crippen LogP contribution in [0.15, 0.2) is 60.7 Å². The summed E-state index contributed by atoms with van der Waals surface area (Å²) in [5.74, 6) is -0.339. The normalized spacial score (nSPS) is 24.6. The Labute approximate surface area is 344 Å². The van der Waals surface area contributed by atoms with Gasteiger partial charge in [0.2, 0.25) is 11.8 Å². The topological polar surface area (TPSA) is 144 Å². The van der Waals surface area contributed by atoms with Gasteiger partial charge in [-0.15, -0.1) is 0 Å². The third-order valence-electron chi connectivity index (χ3n) is 13.2. The number of nitrogens with zero attached hydrogens (tertiary/aromatic N) is 4. The van der Waals surface area contributed by atoms with E-state index in [9.17, 15) is 24.4 Å². The van der Waals surface area contributed by atoms with Crippen LogP contribution in [-0.2, 0) is 27.3 Å². The van der Waals surface area contributed by atoms with E-state index in [0.29, 0.717) is 40.4 Å². The molecule has 3 aromatic rings. The fourth-order valence-corrected chi connectivity index (χ4v) is 10.3. The van der Waals surface area contributed by atoms with Gasteiger partial charge in [0.15, 0.2) is 0 Å². The lowest BCUT2D eigenvalue weighted by atomic mass is 9.49. The van der Waals surface area contributed by atoms with Crippen LogP contribution in [0, 0.1) is 27.6 Å². The molecule has 1 atom stereocenters. The summed E-state index contributed by atoms with van der Waals surface area (Å²) in [7, 11) is 0. The Morgan fingerprint density at radius 2 is 1.71 bits per heavy atom. The monoisotopic (exact) mass is 806 g/mol. The smallest absolute Gasteiger partial charge is 0.255 e. The van der Waals surface area contributed by atoms with Crippen LogP contribution in [0.25, 0.3) is 0 Å². The van der Waals surface area contributed by atoms with Crippen molar-refractivity contribution < 1.29 is 28.7 Å². The van der Waals surface area contributed by atoms with Crippen LogP contribution in [0.2, 0.25) is 5.02 Å². The first-order valence-electron chi connectivity index (χ1n) is 20.3. The highest BCUT2D eigenvalue weighted by Crippen LogP contribution is 2.55. The third kappa shape index (κ3) is 7.44. The van der Waals surface area contributed by atoms with Crippen molar-refractivity contribution in [2.75, 3.05) is 50.8 Å². The molecule has 13 heteroatoms. The Balaban J connectivity index is 0.810. The maximum absolute atomic E-state index is 13.5. The fraction of sp³-hybridized carbons (Fsp3) is 0.489. The highest BCUT2D eigenvalue weighted by molar-refractivity contribution is 6.31. The maximum atomic E-state index is 13.5. The first-order valence-corrected chi connectivity index (χ1v) is 20.6. The molecule has 1 aliphatic carbocycles. The van der Waals surface area contributed by atoms with Gasteiger partial charge < -0.3 is 24.6 Å². The number of imide groups is 1. The van der Waals surface area contributed by atoms with E-state index in [1.54, 1.807) is 23.1 Å². The minimum Gasteiger partial charge on any atom is -0.489 e. The maximum Gasteiger partial charge on any atom is 0.255 e. The second-order valence-electron chi connectivity index (χ2n) is 18.0. The number of hydrogen-bond donors (Lipinski definition) is 2. The van der Waals surface area contributed by atoms with Crippen LogP contribution in [-0.4, -0.2) is 97.6 Å². The van der Waals surface area contributed by atoms with Crippen molar-refractivity contribution in [3.05, 3.63) is 93.5 Å². The SMILES string of the molecule is CC1(C)C(NC(=O)c2ccc(CC3(CCN4CCN(c5ccc6c(c5)CN(C5CCC(=O)NC5=O)C6=O)CC4)COC3)cc2)C(C)(C)C1Oc1ccc(C#N)c(Cl)c1. The van der Waals surface area contributed by atoms with E-state index < -0.39 is 11.9 Å². The van der Waals surface area contributed by atoms with Crippen molar-refractivity contribution >= 4 is 40.9 Å². The summed E-state index contributed by atoms with van der Waals surface area (Å²) < 4.78 is 12.2. The van der Waals surface area contributed by atoms with Crippen LogP contribution in [0.1, 0.15) is 84.4 Å². The molecule has 4 heterocycles. The summed E-state index contributed by atoms with van der Waals surface area (Å²) in [5.41, 5.74) is 4.22. The molecule has 58 heavy (non-hydrogen) atoms. The van der Waals surface area contributed by atoms with Gasteiger partial charge >= 0.3 is 0 Å². The van der Waals surface area contributed by atoms with Crippen LogP contribution < -0.4 is 20.3 Å². The van der Waals surface area contributed by atoms with Crippen LogP contribution in [0.5, 0.6) is 5.75 Å². The van der Waals surface area contributed by atoms with Gasteiger partial charge in [-0.05, 0) is 79.4 Å². The second-order valence-corrected chi connectivity index (χ2v) is 18.4. The minimum absolute atomic E-state index is 0.0655. The van der Waals surface area contributed by atoms with Crippen LogP contribution in [0.4, 0.5) is 5.69 Å². The zero-order valence-corrected chi connectivity index (χ0v) is 34.4. The lowest BCUT2D eigenvalue weighted by Gasteiger charge is -2.63. The molecule has 3 aromatic carbocycles. The van der Waals surface area contributed by atoms with Gasteiger partial charge in [0, 0.05) is 84.3 Å². The quantitative estimate of drug-likeness (QED) is 0.245. The summed E-state index contributed by atoms with van der Waals surface area (Å²) in [5, 5.41) is 15.2. The number of piperazine rings is 1. The molecule has 0 bridgehead atoms. The van der Waals surface area contributed by atoms with E-state index in [-0.39, 0.29) is 52.5 Å². The number of nitrogens with one attached hydrogen (secondary N) is 2. The van der Waals surface area contributed by atoms with Crippen LogP contribution >= 0.6 is 11.6 Å². The number of piperidine rings is 1. The zero-order valence-electron chi connectivity index (χ0n) is 33.6. The molecule has 1 saturated carbocycles. The first-order chi connectivity index (χ1) is 27.7. The summed E-state index contributed by atoms with van der Waals surface area (Å²) in [4.78, 5) is 57.3. The number of amides is 4. The van der Waals surface area contributed by atoms with Gasteiger partial charge in [-0.2, -0.15) is 5.26 Å². The molecule has 4 aliphatic heterocycles. The molecule has 0 spiro atoms. The Morgan fingerprint density at radius 1 is 0.983 bits per heavy atom. The van der Waals surface area contributed by atoms with E-state index in [1.807, 2.05) is 24.3 Å². The molecule has 8 rings (SSSR count). The highest BCUT2D eigenvalue weighted by atomic mass is 35.5. The first kappa shape index (κ1) is 39.8. The van der Waals surface area contributed by atoms with E-state index in [0.717, 1.165) is 70.0 Å². The average molecular weight is 807 g/mol. The van der Waals surface area contributed by atoms with E-state index in [1.165, 1.54) is 5.56 Å². The third-order valence-corrected chi connectivity index (χ3v) is 13.6. The van der Waals surface area contributed by atoms with Gasteiger partial charge in [-0.1, -0.05) is 51.4 Å². The number of halogens is 1. The highest BCUT2D eigenvalue weighted by Gasteiger charge is 2.64. The number of ether oxygens (including phenoxy) is 2. The number of benzene rings is 3. The summed E-state index contributed by atoms with van der Waals surface area (Å²) >= 11 is 6.26. The molecule has 0 radical (unpaired) electrons. The van der Waals surface area contributed by atoms with Gasteiger partial charge in [0.05, 0.1) is 23.8 Å². The molecule has 304 valence electrons. The van der Waals surface area contributed by atoms with Gasteiger partial charge in [-0.3, -0.25) is 29.4 Å². The number of carbonyl (C=O) groups excluding carboxylic acids is 4. The number of hydrogen-bond acceptors (Lipinski definition) is 9. The predicted octanol–water partition coefficient (Wildman–Crippen LogP) is 5.36. The van der Waals surface area contributed by atoms with Crippen molar-refractivity contribution in [1.82, 2.24) is 20.4 Å². The number of fused-ring (bicyclic) bond motifs is 1. The lowest BCUT2D eigenvalue weighted by molar-refractivity contribution is -0.164. The summed E-state index contributed by atoms with van der Waals surface area (Å²) in [6.07, 6.45) is 2.33. The molecule has 4 amide bonds. The molecule has 3 saturated heterocycles. The molecular formula is C45H51ClN6O6. The van der Waals surface area contributed by atoms with Gasteiger partial charge in [0.1, 0.15) is 24.0 Å². The zero-order chi connectivity index (χ0) is 41.0. The molecule has 1 unspecified atom stereocenters. The second kappa shape index (κ2) is 15.3. The minimum atomic E-state index is -0.613. The molecule has 2 N–H and O–H groups in total. The number of anilines is 1. The number of rotatable bonds is 11. The summed E-state index contributed by atoms with van der Waals surface area (Å²) in [6.45, 7) is 14.8. The van der Waals surface area contributed by atoms with Crippen molar-refractivity contribution in [1.29, 1.82) is 5.26 Å². The summed E-state index contributed by atoms with van der Waals surface area (Å²) in [6, 6.07) is 20.4. The molecular weight excluding hydrogens is 756 g/mol. The van der Waals surface area contributed by atoms with Crippen molar-refractivity contribution in [3.8, 4) is 11.8 Å². The number of nitriles is 1. The lowest BCUT2D eigenvalue weighted by Crippen LogP contribution is -2.74. The molecule has 5 aliphatic rings. The van der Waals surface area contributed by atoms with E-state index in [2.05, 4.69) is 72.4 Å². The largest absolute Gasteiger partial charge is 0.489 e. The Morgan fingerprint density at radius 3 is 2.34 bits per heavy atom. The van der Waals surface area contributed by atoms with Crippen LogP contribution in [0.3, 0.4) is 0 Å². The fourth-order valence-electron chi connectivity index (χ4n) is 10.1. The van der Waals surface area contributed by atoms with Gasteiger partial charge in [-0.25, -0.2) is 0 Å². The standard InChI is InChI=1S/C45H51ClN6O6/c1-43(2)41(44(3,4)42(43)58-33-11-9-30(24-47)35(46)22-33)49-38(54)29-7-5-28(6-8-29)23-45(26-57-27-45)15-16-50-17-19-51(20-18-50)32-10-12-34-31(21-32)25-52(40(34)56)36-13-14-37(53)48-39(36)55/h5-12,21-22,36,41-42H,13-20,23,25-27H2,1-4H3,(H,49,54)(H,48,53,55). The molecule has 0 aromatic heterocycles. The van der Waals surface area contributed by atoms with Crippen molar-refractivity contribution in [2.45, 2.75) is 78.1 Å². The molecule has 12 nitrogen and oxygen atoms in total. The Bertz CT molecular complexity index is 2150. The number of carbonyl (C=O) groups is 4. The Kier molecular flexibility index (Phi) is 10.5.